The van der Waals surface area contributed by atoms with Gasteiger partial charge in [0.2, 0.25) is 0 Å². The number of carbonyl (C=O) groups excluding carboxylic acids is 3. The topological polar surface area (TPSA) is 93.7 Å². The quantitative estimate of drug-likeness (QED) is 0.714. The van der Waals surface area contributed by atoms with Crippen molar-refractivity contribution in [1.29, 1.82) is 0 Å². The number of esters is 2. The second kappa shape index (κ2) is 5.94. The van der Waals surface area contributed by atoms with Gasteiger partial charge in [0, 0.05) is 0 Å². The van der Waals surface area contributed by atoms with E-state index in [2.05, 4.69) is 10.6 Å². The lowest BCUT2D eigenvalue weighted by atomic mass is 10.0. The molecule has 110 valence electrons. The van der Waals surface area contributed by atoms with E-state index in [0.29, 0.717) is 0 Å². The number of hydrogen-bond donors (Lipinski definition) is 2. The molecule has 1 fully saturated rings. The van der Waals surface area contributed by atoms with Crippen molar-refractivity contribution in [2.24, 2.45) is 5.92 Å². The third-order valence-corrected chi connectivity index (χ3v) is 3.13. The molecule has 1 aliphatic heterocycles. The summed E-state index contributed by atoms with van der Waals surface area (Å²) in [7, 11) is 0. The monoisotopic (exact) mass is 282 g/mol. The van der Waals surface area contributed by atoms with Gasteiger partial charge in [-0.25, -0.2) is 9.59 Å². The van der Waals surface area contributed by atoms with Crippen LogP contribution in [0.25, 0.3) is 0 Å². The summed E-state index contributed by atoms with van der Waals surface area (Å²) >= 11 is 0. The first-order chi connectivity index (χ1) is 9.52. The van der Waals surface area contributed by atoms with Crippen LogP contribution in [0.1, 0.15) is 26.7 Å². The lowest BCUT2D eigenvalue weighted by Crippen LogP contribution is -2.50. The second-order valence-electron chi connectivity index (χ2n) is 4.81. The van der Waals surface area contributed by atoms with Crippen molar-refractivity contribution in [2.75, 3.05) is 13.2 Å². The molecule has 2 N–H and O–H groups in total. The van der Waals surface area contributed by atoms with Gasteiger partial charge in [0.1, 0.15) is 6.61 Å². The largest absolute Gasteiger partial charge is 0.463 e. The van der Waals surface area contributed by atoms with Crippen LogP contribution in [0, 0.1) is 5.92 Å². The van der Waals surface area contributed by atoms with Crippen LogP contribution < -0.4 is 10.6 Å². The Morgan fingerprint density at radius 3 is 2.60 bits per heavy atom. The average Bonchev–Trinajstić information content (AvgIpc) is 3.19. The lowest BCUT2D eigenvalue weighted by molar-refractivity contribution is -0.145. The van der Waals surface area contributed by atoms with E-state index in [1.54, 1.807) is 13.8 Å². The average molecular weight is 282 g/mol. The molecule has 2 aliphatic rings. The maximum Gasteiger partial charge on any atom is 0.338 e. The fraction of sp³-hybridized carbons (Fsp3) is 0.615. The first-order valence-electron chi connectivity index (χ1n) is 6.67. The highest BCUT2D eigenvalue weighted by atomic mass is 16.5. The molecule has 1 atom stereocenters. The van der Waals surface area contributed by atoms with Crippen molar-refractivity contribution < 1.29 is 23.9 Å². The van der Waals surface area contributed by atoms with Crippen LogP contribution in [-0.2, 0) is 19.1 Å². The zero-order chi connectivity index (χ0) is 14.7. The van der Waals surface area contributed by atoms with E-state index < -0.39 is 18.0 Å². The number of urea groups is 1. The molecular weight excluding hydrogens is 264 g/mol. The molecule has 0 radical (unpaired) electrons. The molecule has 0 aromatic carbocycles. The Morgan fingerprint density at radius 2 is 2.00 bits per heavy atom. The van der Waals surface area contributed by atoms with Crippen LogP contribution in [0.2, 0.25) is 0 Å². The standard InChI is InChI=1S/C13H18N2O5/c1-3-19-12(17)10-7(2)14-13(18)15-9(10)6-20-11(16)8-4-5-8/h7-8H,3-6H2,1-2H3,(H2,14,15,18)/t7-/m0/s1. The summed E-state index contributed by atoms with van der Waals surface area (Å²) in [5, 5.41) is 5.07. The first kappa shape index (κ1) is 14.4. The van der Waals surface area contributed by atoms with Crippen LogP contribution >= 0.6 is 0 Å². The Morgan fingerprint density at radius 1 is 1.30 bits per heavy atom. The van der Waals surface area contributed by atoms with E-state index in [4.69, 9.17) is 9.47 Å². The summed E-state index contributed by atoms with van der Waals surface area (Å²) < 4.78 is 10.1. The summed E-state index contributed by atoms with van der Waals surface area (Å²) in [6.07, 6.45) is 1.68. The lowest BCUT2D eigenvalue weighted by Gasteiger charge is -2.26. The van der Waals surface area contributed by atoms with Gasteiger partial charge in [-0.1, -0.05) is 0 Å². The molecular formula is C13H18N2O5. The molecule has 0 spiro atoms. The van der Waals surface area contributed by atoms with Crippen molar-refractivity contribution in [3.8, 4) is 0 Å². The Balaban J connectivity index is 2.11. The van der Waals surface area contributed by atoms with E-state index in [1.807, 2.05) is 0 Å². The molecule has 0 unspecified atom stereocenters. The van der Waals surface area contributed by atoms with Crippen LogP contribution in [0.3, 0.4) is 0 Å². The number of ether oxygens (including phenoxy) is 2. The van der Waals surface area contributed by atoms with Gasteiger partial charge in [-0.2, -0.15) is 0 Å². The normalized spacial score (nSPS) is 21.9. The summed E-state index contributed by atoms with van der Waals surface area (Å²) in [5.41, 5.74) is 0.573. The van der Waals surface area contributed by atoms with Gasteiger partial charge in [0.25, 0.3) is 0 Å². The molecule has 1 saturated carbocycles. The number of hydrogen-bond acceptors (Lipinski definition) is 5. The highest BCUT2D eigenvalue weighted by Gasteiger charge is 2.33. The number of nitrogens with one attached hydrogen (secondary N) is 2. The van der Waals surface area contributed by atoms with E-state index >= 15 is 0 Å². The Labute approximate surface area is 116 Å². The maximum atomic E-state index is 11.9. The Kier molecular flexibility index (Phi) is 4.26. The molecule has 2 amide bonds. The van der Waals surface area contributed by atoms with Crippen molar-refractivity contribution >= 4 is 18.0 Å². The van der Waals surface area contributed by atoms with Gasteiger partial charge in [-0.05, 0) is 26.7 Å². The first-order valence-corrected chi connectivity index (χ1v) is 6.67. The summed E-state index contributed by atoms with van der Waals surface area (Å²) in [6.45, 7) is 3.48. The molecule has 2 rings (SSSR count). The van der Waals surface area contributed by atoms with Gasteiger partial charge in [-0.3, -0.25) is 4.79 Å². The van der Waals surface area contributed by atoms with Crippen LogP contribution in [0.5, 0.6) is 0 Å². The number of carbonyl (C=O) groups is 3. The summed E-state index contributed by atoms with van der Waals surface area (Å²) in [4.78, 5) is 34.9. The fourth-order valence-electron chi connectivity index (χ4n) is 1.97. The predicted molar refractivity (Wildman–Crippen MR) is 68.5 cm³/mol. The molecule has 7 nitrogen and oxygen atoms in total. The van der Waals surface area contributed by atoms with Gasteiger partial charge >= 0.3 is 18.0 Å². The third kappa shape index (κ3) is 3.28. The van der Waals surface area contributed by atoms with Crippen LogP contribution in [0.4, 0.5) is 4.79 Å². The molecule has 1 aliphatic carbocycles. The third-order valence-electron chi connectivity index (χ3n) is 3.13. The summed E-state index contributed by atoms with van der Waals surface area (Å²) in [5.74, 6) is -0.845. The van der Waals surface area contributed by atoms with E-state index in [-0.39, 0.29) is 36.4 Å². The van der Waals surface area contributed by atoms with Gasteiger partial charge < -0.3 is 20.1 Å². The molecule has 0 aromatic heterocycles. The van der Waals surface area contributed by atoms with E-state index in [0.717, 1.165) is 12.8 Å². The minimum Gasteiger partial charge on any atom is -0.463 e. The number of rotatable bonds is 5. The van der Waals surface area contributed by atoms with E-state index in [9.17, 15) is 14.4 Å². The molecule has 7 heteroatoms. The van der Waals surface area contributed by atoms with Crippen molar-refractivity contribution in [1.82, 2.24) is 10.6 Å². The molecule has 20 heavy (non-hydrogen) atoms. The second-order valence-corrected chi connectivity index (χ2v) is 4.81. The molecule has 1 heterocycles. The van der Waals surface area contributed by atoms with Crippen molar-refractivity contribution in [3.05, 3.63) is 11.3 Å². The van der Waals surface area contributed by atoms with Gasteiger partial charge in [0.05, 0.1) is 29.8 Å². The fourth-order valence-corrected chi connectivity index (χ4v) is 1.97. The van der Waals surface area contributed by atoms with Gasteiger partial charge in [-0.15, -0.1) is 0 Å². The SMILES string of the molecule is CCOC(=O)C1=C(COC(=O)C2CC2)NC(=O)N[C@H]1C. The highest BCUT2D eigenvalue weighted by molar-refractivity contribution is 5.94. The van der Waals surface area contributed by atoms with Crippen LogP contribution in [-0.4, -0.2) is 37.2 Å². The molecule has 0 bridgehead atoms. The van der Waals surface area contributed by atoms with Gasteiger partial charge in [0.15, 0.2) is 0 Å². The van der Waals surface area contributed by atoms with Crippen molar-refractivity contribution in [3.63, 3.8) is 0 Å². The Bertz CT molecular complexity index is 467. The van der Waals surface area contributed by atoms with E-state index in [1.165, 1.54) is 0 Å². The van der Waals surface area contributed by atoms with Crippen molar-refractivity contribution in [2.45, 2.75) is 32.7 Å². The zero-order valence-corrected chi connectivity index (χ0v) is 11.5. The molecule has 0 saturated heterocycles. The molecule has 0 aromatic rings. The smallest absolute Gasteiger partial charge is 0.338 e. The predicted octanol–water partition coefficient (Wildman–Crippen LogP) is 0.458. The number of amides is 2. The minimum atomic E-state index is -0.523. The van der Waals surface area contributed by atoms with Crippen LogP contribution in [0.15, 0.2) is 11.3 Å². The minimum absolute atomic E-state index is 0.0310. The summed E-state index contributed by atoms with van der Waals surface area (Å²) in [6, 6.07) is -0.916. The zero-order valence-electron chi connectivity index (χ0n) is 11.5. The highest BCUT2D eigenvalue weighted by Crippen LogP contribution is 2.30. The maximum absolute atomic E-state index is 11.9. The Hall–Kier alpha value is -2.05.